The van der Waals surface area contributed by atoms with Gasteiger partial charge >= 0.3 is 11.7 Å². The molecule has 2 aromatic carbocycles. The molecule has 1 atom stereocenters. The SMILES string of the molecule is CCOC(=O)C(=[N+]=[N-])C(=O)c1cc(OC)ccc1C1CCc2cc(OC)ccc21. The number of hydrogen-bond donors (Lipinski definition) is 0. The van der Waals surface area contributed by atoms with E-state index in [0.717, 1.165) is 35.3 Å². The average Bonchev–Trinajstić information content (AvgIpc) is 3.16. The molecule has 0 saturated carbocycles. The average molecular weight is 394 g/mol. The predicted molar refractivity (Wildman–Crippen MR) is 106 cm³/mol. The highest BCUT2D eigenvalue weighted by Gasteiger charge is 2.36. The number of carbonyl (C=O) groups is 2. The van der Waals surface area contributed by atoms with Crippen LogP contribution in [-0.2, 0) is 16.0 Å². The zero-order chi connectivity index (χ0) is 21.0. The van der Waals surface area contributed by atoms with Crippen molar-refractivity contribution in [2.45, 2.75) is 25.7 Å². The van der Waals surface area contributed by atoms with Crippen molar-refractivity contribution in [2.75, 3.05) is 20.8 Å². The topological polar surface area (TPSA) is 98.2 Å². The summed E-state index contributed by atoms with van der Waals surface area (Å²) in [6, 6.07) is 11.0. The summed E-state index contributed by atoms with van der Waals surface area (Å²) in [5, 5.41) is 0. The van der Waals surface area contributed by atoms with Crippen LogP contribution in [0.25, 0.3) is 5.53 Å². The van der Waals surface area contributed by atoms with Crippen molar-refractivity contribution in [2.24, 2.45) is 0 Å². The van der Waals surface area contributed by atoms with E-state index >= 15 is 0 Å². The van der Waals surface area contributed by atoms with E-state index in [4.69, 9.17) is 14.2 Å². The van der Waals surface area contributed by atoms with Crippen LogP contribution in [0.3, 0.4) is 0 Å². The Morgan fingerprint density at radius 2 is 1.72 bits per heavy atom. The van der Waals surface area contributed by atoms with Crippen molar-refractivity contribution >= 4 is 17.5 Å². The summed E-state index contributed by atoms with van der Waals surface area (Å²) in [4.78, 5) is 28.1. The largest absolute Gasteiger partial charge is 0.497 e. The van der Waals surface area contributed by atoms with Gasteiger partial charge < -0.3 is 19.7 Å². The Morgan fingerprint density at radius 3 is 2.34 bits per heavy atom. The van der Waals surface area contributed by atoms with Crippen molar-refractivity contribution in [3.05, 3.63) is 64.2 Å². The maximum absolute atomic E-state index is 13.1. The van der Waals surface area contributed by atoms with E-state index in [-0.39, 0.29) is 18.1 Å². The Hall–Kier alpha value is -3.44. The maximum Gasteiger partial charge on any atom is 0.446 e. The summed E-state index contributed by atoms with van der Waals surface area (Å²) < 4.78 is 15.4. The molecule has 1 aliphatic carbocycles. The van der Waals surface area contributed by atoms with Crippen molar-refractivity contribution in [1.29, 1.82) is 0 Å². The second-order valence-corrected chi connectivity index (χ2v) is 6.61. The third kappa shape index (κ3) is 3.91. The van der Waals surface area contributed by atoms with Gasteiger partial charge in [-0.3, -0.25) is 4.79 Å². The van der Waals surface area contributed by atoms with Crippen molar-refractivity contribution < 1.29 is 28.6 Å². The van der Waals surface area contributed by atoms with Crippen LogP contribution in [0.15, 0.2) is 36.4 Å². The molecule has 2 aromatic rings. The number of esters is 1. The number of ether oxygens (including phenoxy) is 3. The Labute approximate surface area is 168 Å². The number of aryl methyl sites for hydroxylation is 1. The highest BCUT2D eigenvalue weighted by Crippen LogP contribution is 2.41. The van der Waals surface area contributed by atoms with E-state index in [1.165, 1.54) is 7.11 Å². The molecule has 0 amide bonds. The molecule has 1 unspecified atom stereocenters. The maximum atomic E-state index is 13.1. The van der Waals surface area contributed by atoms with Crippen LogP contribution in [-0.4, -0.2) is 43.1 Å². The van der Waals surface area contributed by atoms with Crippen LogP contribution in [0.1, 0.15) is 46.3 Å². The van der Waals surface area contributed by atoms with Gasteiger partial charge in [0, 0.05) is 11.5 Å². The molecular formula is C22H22N2O5. The van der Waals surface area contributed by atoms with E-state index < -0.39 is 17.5 Å². The van der Waals surface area contributed by atoms with Crippen LogP contribution >= 0.6 is 0 Å². The molecule has 7 heteroatoms. The summed E-state index contributed by atoms with van der Waals surface area (Å²) >= 11 is 0. The number of Topliss-reactive ketones (excluding diaryl/α,β-unsaturated/α-hetero) is 1. The minimum atomic E-state index is -0.967. The Morgan fingerprint density at radius 1 is 1.07 bits per heavy atom. The molecule has 150 valence electrons. The third-order valence-electron chi connectivity index (χ3n) is 5.09. The van der Waals surface area contributed by atoms with E-state index in [0.29, 0.717) is 5.75 Å². The van der Waals surface area contributed by atoms with Gasteiger partial charge in [-0.25, -0.2) is 4.79 Å². The van der Waals surface area contributed by atoms with Gasteiger partial charge in [0.05, 0.1) is 20.8 Å². The Bertz CT molecular complexity index is 1010. The number of hydrogen-bond acceptors (Lipinski definition) is 5. The van der Waals surface area contributed by atoms with E-state index in [9.17, 15) is 15.1 Å². The highest BCUT2D eigenvalue weighted by atomic mass is 16.5. The van der Waals surface area contributed by atoms with Crippen LogP contribution in [0, 0.1) is 0 Å². The molecular weight excluding hydrogens is 372 g/mol. The highest BCUT2D eigenvalue weighted by molar-refractivity contribution is 6.65. The van der Waals surface area contributed by atoms with Crippen molar-refractivity contribution in [1.82, 2.24) is 0 Å². The first-order valence-electron chi connectivity index (χ1n) is 9.32. The molecule has 0 radical (unpaired) electrons. The lowest BCUT2D eigenvalue weighted by Gasteiger charge is -2.17. The summed E-state index contributed by atoms with van der Waals surface area (Å²) in [7, 11) is 3.12. The minimum Gasteiger partial charge on any atom is -0.497 e. The predicted octanol–water partition coefficient (Wildman–Crippen LogP) is 3.20. The standard InChI is InChI=1S/C22H22N2O5/c1-4-29-22(26)20(24-23)21(25)19-12-15(28-3)7-10-18(19)17-8-5-13-11-14(27-2)6-9-16(13)17/h6-7,9-12,17H,4-5,8H2,1-3H3. The lowest BCUT2D eigenvalue weighted by molar-refractivity contribution is -0.139. The first-order chi connectivity index (χ1) is 14.0. The van der Waals surface area contributed by atoms with Gasteiger partial charge in [-0.2, -0.15) is 4.79 Å². The van der Waals surface area contributed by atoms with E-state index in [1.54, 1.807) is 26.2 Å². The van der Waals surface area contributed by atoms with Gasteiger partial charge in [-0.1, -0.05) is 12.1 Å². The lowest BCUT2D eigenvalue weighted by atomic mass is 9.87. The first-order valence-corrected chi connectivity index (χ1v) is 9.32. The number of fused-ring (bicyclic) bond motifs is 1. The molecule has 7 nitrogen and oxygen atoms in total. The minimum absolute atomic E-state index is 0.0390. The molecule has 0 heterocycles. The summed E-state index contributed by atoms with van der Waals surface area (Å²) in [6.07, 6.45) is 1.65. The molecule has 0 spiro atoms. The summed E-state index contributed by atoms with van der Waals surface area (Å²) in [5.74, 6) is -0.464. The zero-order valence-electron chi connectivity index (χ0n) is 16.6. The fraction of sp³-hybridized carbons (Fsp3) is 0.318. The number of carbonyl (C=O) groups excluding carboxylic acids is 2. The van der Waals surface area contributed by atoms with Gasteiger partial charge in [-0.05, 0) is 60.7 Å². The van der Waals surface area contributed by atoms with Gasteiger partial charge in [0.15, 0.2) is 0 Å². The van der Waals surface area contributed by atoms with Gasteiger partial charge in [-0.15, -0.1) is 0 Å². The van der Waals surface area contributed by atoms with Gasteiger partial charge in [0.25, 0.3) is 5.78 Å². The summed E-state index contributed by atoms with van der Waals surface area (Å²) in [5.41, 5.74) is 11.9. The van der Waals surface area contributed by atoms with Crippen LogP contribution in [0.5, 0.6) is 11.5 Å². The van der Waals surface area contributed by atoms with Crippen molar-refractivity contribution in [3.63, 3.8) is 0 Å². The molecule has 0 bridgehead atoms. The molecule has 0 N–H and O–H groups in total. The molecule has 3 rings (SSSR count). The first kappa shape index (κ1) is 20.3. The number of benzene rings is 2. The Kier molecular flexibility index (Phi) is 6.10. The van der Waals surface area contributed by atoms with E-state index in [1.807, 2.05) is 24.3 Å². The zero-order valence-corrected chi connectivity index (χ0v) is 16.6. The van der Waals surface area contributed by atoms with Gasteiger partial charge in [0.2, 0.25) is 0 Å². The second kappa shape index (κ2) is 8.71. The normalized spacial score (nSPS) is 14.5. The molecule has 1 aliphatic rings. The van der Waals surface area contributed by atoms with Crippen molar-refractivity contribution in [3.8, 4) is 11.5 Å². The number of ketones is 1. The molecule has 29 heavy (non-hydrogen) atoms. The third-order valence-corrected chi connectivity index (χ3v) is 5.09. The molecule has 0 saturated heterocycles. The van der Waals surface area contributed by atoms with Gasteiger partial charge in [0.1, 0.15) is 11.5 Å². The molecule has 0 fully saturated rings. The number of rotatable bonds is 7. The van der Waals surface area contributed by atoms with Crippen LogP contribution < -0.4 is 9.47 Å². The van der Waals surface area contributed by atoms with Crippen LogP contribution in [0.2, 0.25) is 0 Å². The summed E-state index contributed by atoms with van der Waals surface area (Å²) in [6.45, 7) is 1.67. The smallest absolute Gasteiger partial charge is 0.446 e. The fourth-order valence-corrected chi connectivity index (χ4v) is 3.71. The fourth-order valence-electron chi connectivity index (χ4n) is 3.71. The quantitative estimate of drug-likeness (QED) is 0.179. The molecule has 0 aliphatic heterocycles. The van der Waals surface area contributed by atoms with E-state index in [2.05, 4.69) is 4.79 Å². The molecule has 0 aromatic heterocycles. The number of nitrogens with zero attached hydrogens (tertiary/aromatic N) is 2. The lowest BCUT2D eigenvalue weighted by Crippen LogP contribution is -2.28. The Balaban J connectivity index is 2.07. The number of methoxy groups -OCH3 is 2. The monoisotopic (exact) mass is 394 g/mol. The second-order valence-electron chi connectivity index (χ2n) is 6.61. The van der Waals surface area contributed by atoms with Crippen LogP contribution in [0.4, 0.5) is 0 Å².